The van der Waals surface area contributed by atoms with Crippen LogP contribution in [0, 0.1) is 0 Å². The number of hydrogen-bond acceptors (Lipinski definition) is 6. The number of nitrogens with zero attached hydrogens (tertiary/aromatic N) is 4. The van der Waals surface area contributed by atoms with Gasteiger partial charge in [0.25, 0.3) is 5.91 Å². The molecule has 0 aliphatic carbocycles. The Kier molecular flexibility index (Phi) is 4.26. The molecule has 7 heteroatoms. The molecule has 6 nitrogen and oxygen atoms in total. The molecule has 106 valence electrons. The Morgan fingerprint density at radius 2 is 2.00 bits per heavy atom. The average molecular weight is 283 g/mol. The zero-order valence-electron chi connectivity index (χ0n) is 11.7. The van der Waals surface area contributed by atoms with E-state index in [9.17, 15) is 4.79 Å². The van der Waals surface area contributed by atoms with Crippen LogP contribution in [0.3, 0.4) is 0 Å². The van der Waals surface area contributed by atoms with Crippen LogP contribution in [0.4, 0.5) is 10.9 Å². The topological polar surface area (TPSA) is 65.7 Å². The average Bonchev–Trinajstić information content (AvgIpc) is 2.80. The molecule has 0 spiro atoms. The Balaban J connectivity index is 2.08. The first kappa shape index (κ1) is 14.1. The van der Waals surface area contributed by atoms with Gasteiger partial charge in [0.05, 0.1) is 0 Å². The second-order valence-corrected chi connectivity index (χ2v) is 5.81. The number of carbonyl (C=O) groups is 1. The fraction of sp³-hybridized carbons (Fsp3) is 0.667. The fourth-order valence-electron chi connectivity index (χ4n) is 2.08. The third-order valence-electron chi connectivity index (χ3n) is 3.33. The van der Waals surface area contributed by atoms with Crippen molar-refractivity contribution in [2.75, 3.05) is 57.5 Å². The first-order valence-electron chi connectivity index (χ1n) is 6.48. The molecule has 1 amide bonds. The number of likely N-dealkylation sites (N-methyl/N-ethyl adjacent to an activating group) is 1. The lowest BCUT2D eigenvalue weighted by Gasteiger charge is -2.33. The van der Waals surface area contributed by atoms with E-state index in [2.05, 4.69) is 16.8 Å². The van der Waals surface area contributed by atoms with Crippen LogP contribution in [-0.4, -0.2) is 67.5 Å². The zero-order chi connectivity index (χ0) is 14.0. The molecule has 2 rings (SSSR count). The van der Waals surface area contributed by atoms with E-state index in [1.807, 2.05) is 23.9 Å². The molecule has 1 fully saturated rings. The van der Waals surface area contributed by atoms with Gasteiger partial charge in [0.1, 0.15) is 10.7 Å². The second kappa shape index (κ2) is 5.75. The van der Waals surface area contributed by atoms with Crippen molar-refractivity contribution in [3.63, 3.8) is 0 Å². The molecule has 1 aromatic rings. The molecule has 0 radical (unpaired) electrons. The van der Waals surface area contributed by atoms with Gasteiger partial charge in [-0.05, 0) is 6.54 Å². The maximum atomic E-state index is 12.4. The highest BCUT2D eigenvalue weighted by molar-refractivity contribution is 7.18. The highest BCUT2D eigenvalue weighted by atomic mass is 32.1. The van der Waals surface area contributed by atoms with Crippen molar-refractivity contribution in [1.29, 1.82) is 0 Å². The van der Waals surface area contributed by atoms with Crippen molar-refractivity contribution in [3.05, 3.63) is 4.88 Å². The van der Waals surface area contributed by atoms with E-state index < -0.39 is 0 Å². The van der Waals surface area contributed by atoms with Crippen molar-refractivity contribution in [3.8, 4) is 0 Å². The van der Waals surface area contributed by atoms with E-state index in [0.29, 0.717) is 10.7 Å². The standard InChI is InChI=1S/C12H21N5OS/c1-4-16-5-7-17(8-6-16)11(18)9-10(13)14-12(19-9)15(2)3/h4-8,13H2,1-3H3. The normalized spacial score (nSPS) is 16.7. The summed E-state index contributed by atoms with van der Waals surface area (Å²) in [5, 5.41) is 0.771. The molecular formula is C12H21N5OS. The molecule has 1 aliphatic heterocycles. The number of rotatable bonds is 3. The summed E-state index contributed by atoms with van der Waals surface area (Å²) in [5.74, 6) is 0.357. The van der Waals surface area contributed by atoms with E-state index in [1.165, 1.54) is 11.3 Å². The van der Waals surface area contributed by atoms with Crippen molar-refractivity contribution in [2.24, 2.45) is 0 Å². The first-order valence-corrected chi connectivity index (χ1v) is 7.29. The molecule has 1 saturated heterocycles. The monoisotopic (exact) mass is 283 g/mol. The molecule has 1 aromatic heterocycles. The molecule has 0 aromatic carbocycles. The summed E-state index contributed by atoms with van der Waals surface area (Å²) in [5.41, 5.74) is 5.85. The summed E-state index contributed by atoms with van der Waals surface area (Å²) >= 11 is 1.36. The maximum Gasteiger partial charge on any atom is 0.267 e. The van der Waals surface area contributed by atoms with Crippen LogP contribution >= 0.6 is 11.3 Å². The van der Waals surface area contributed by atoms with Crippen LogP contribution in [0.2, 0.25) is 0 Å². The minimum absolute atomic E-state index is 0.0128. The summed E-state index contributed by atoms with van der Waals surface area (Å²) in [7, 11) is 3.79. The highest BCUT2D eigenvalue weighted by Crippen LogP contribution is 2.28. The molecule has 0 atom stereocenters. The third kappa shape index (κ3) is 2.98. The van der Waals surface area contributed by atoms with Crippen LogP contribution in [0.5, 0.6) is 0 Å². The van der Waals surface area contributed by atoms with Gasteiger partial charge in [-0.15, -0.1) is 0 Å². The number of thiazole rings is 1. The number of nitrogens with two attached hydrogens (primary N) is 1. The Hall–Kier alpha value is -1.34. The Bertz CT molecular complexity index is 451. The first-order chi connectivity index (χ1) is 9.02. The van der Waals surface area contributed by atoms with E-state index in [4.69, 9.17) is 5.73 Å². The summed E-state index contributed by atoms with van der Waals surface area (Å²) in [6, 6.07) is 0. The molecule has 0 unspecified atom stereocenters. The number of hydrogen-bond donors (Lipinski definition) is 1. The summed E-state index contributed by atoms with van der Waals surface area (Å²) in [6.45, 7) is 6.57. The van der Waals surface area contributed by atoms with Gasteiger partial charge in [0, 0.05) is 40.3 Å². The van der Waals surface area contributed by atoms with Gasteiger partial charge >= 0.3 is 0 Å². The lowest BCUT2D eigenvalue weighted by molar-refractivity contribution is 0.0649. The van der Waals surface area contributed by atoms with Crippen molar-refractivity contribution in [2.45, 2.75) is 6.92 Å². The lowest BCUT2D eigenvalue weighted by atomic mass is 10.3. The van der Waals surface area contributed by atoms with Crippen LogP contribution in [0.15, 0.2) is 0 Å². The molecule has 2 heterocycles. The van der Waals surface area contributed by atoms with Gasteiger partial charge < -0.3 is 20.4 Å². The summed E-state index contributed by atoms with van der Waals surface area (Å²) in [6.07, 6.45) is 0. The van der Waals surface area contributed by atoms with E-state index in [0.717, 1.165) is 37.9 Å². The van der Waals surface area contributed by atoms with E-state index >= 15 is 0 Å². The van der Waals surface area contributed by atoms with Crippen LogP contribution in [-0.2, 0) is 0 Å². The van der Waals surface area contributed by atoms with Gasteiger partial charge in [0.2, 0.25) is 0 Å². The number of aromatic nitrogens is 1. The smallest absolute Gasteiger partial charge is 0.267 e. The largest absolute Gasteiger partial charge is 0.382 e. The van der Waals surface area contributed by atoms with E-state index in [1.54, 1.807) is 0 Å². The Labute approximate surface area is 117 Å². The molecule has 19 heavy (non-hydrogen) atoms. The van der Waals surface area contributed by atoms with Gasteiger partial charge in [0.15, 0.2) is 5.13 Å². The van der Waals surface area contributed by atoms with Crippen LogP contribution in [0.1, 0.15) is 16.6 Å². The molecular weight excluding hydrogens is 262 g/mol. The van der Waals surface area contributed by atoms with Crippen molar-refractivity contribution < 1.29 is 4.79 Å². The maximum absolute atomic E-state index is 12.4. The van der Waals surface area contributed by atoms with E-state index in [-0.39, 0.29) is 5.91 Å². The van der Waals surface area contributed by atoms with Crippen LogP contribution < -0.4 is 10.6 Å². The number of amides is 1. The minimum atomic E-state index is 0.0128. The fourth-order valence-corrected chi connectivity index (χ4v) is 2.95. The van der Waals surface area contributed by atoms with Crippen molar-refractivity contribution >= 4 is 28.2 Å². The van der Waals surface area contributed by atoms with Gasteiger partial charge in [-0.3, -0.25) is 4.79 Å². The van der Waals surface area contributed by atoms with Gasteiger partial charge in [-0.25, -0.2) is 4.98 Å². The summed E-state index contributed by atoms with van der Waals surface area (Å²) < 4.78 is 0. The predicted octanol–water partition coefficient (Wildman–Crippen LogP) is 0.569. The second-order valence-electron chi connectivity index (χ2n) is 4.83. The SMILES string of the molecule is CCN1CCN(C(=O)c2sc(N(C)C)nc2N)CC1. The van der Waals surface area contributed by atoms with Gasteiger partial charge in [-0.1, -0.05) is 18.3 Å². The Morgan fingerprint density at radius 1 is 1.37 bits per heavy atom. The minimum Gasteiger partial charge on any atom is -0.382 e. The molecule has 2 N–H and O–H groups in total. The van der Waals surface area contributed by atoms with Crippen LogP contribution in [0.25, 0.3) is 0 Å². The molecule has 1 aliphatic rings. The molecule has 0 saturated carbocycles. The molecule has 0 bridgehead atoms. The zero-order valence-corrected chi connectivity index (χ0v) is 12.5. The quantitative estimate of drug-likeness (QED) is 0.878. The summed E-state index contributed by atoms with van der Waals surface area (Å²) in [4.78, 5) is 23.3. The third-order valence-corrected chi connectivity index (χ3v) is 4.55. The van der Waals surface area contributed by atoms with Gasteiger partial charge in [-0.2, -0.15) is 0 Å². The number of nitrogen functional groups attached to an aromatic ring is 1. The lowest BCUT2D eigenvalue weighted by Crippen LogP contribution is -2.48. The number of carbonyl (C=O) groups excluding carboxylic acids is 1. The van der Waals surface area contributed by atoms with Crippen molar-refractivity contribution in [1.82, 2.24) is 14.8 Å². The predicted molar refractivity (Wildman–Crippen MR) is 78.9 cm³/mol. The number of anilines is 2. The highest BCUT2D eigenvalue weighted by Gasteiger charge is 2.25. The number of piperazine rings is 1. The Morgan fingerprint density at radius 3 is 2.47 bits per heavy atom.